The number of halogens is 2. The molecule has 2 aromatic carbocycles. The fourth-order valence-electron chi connectivity index (χ4n) is 1.60. The quantitative estimate of drug-likeness (QED) is 0.688. The van der Waals surface area contributed by atoms with Crippen LogP contribution < -0.4 is 0 Å². The van der Waals surface area contributed by atoms with Crippen LogP contribution in [0.5, 0.6) is 0 Å². The molecule has 0 radical (unpaired) electrons. The molecule has 0 heterocycles. The van der Waals surface area contributed by atoms with Crippen LogP contribution in [0.4, 0.5) is 8.78 Å². The topological polar surface area (TPSA) is 20.2 Å². The summed E-state index contributed by atoms with van der Waals surface area (Å²) in [6.07, 6.45) is 0. The van der Waals surface area contributed by atoms with Crippen LogP contribution in [0.15, 0.2) is 47.4 Å². The standard InChI is InChI=1S/C16H12F2OS/c17-14-5-1-2-6-16(14)20-11-13-8-7-12(4-3-9-19)10-15(13)18/h1-2,5-8,10,19H,9,11H2. The first-order valence-electron chi connectivity index (χ1n) is 5.96. The molecule has 0 spiro atoms. The lowest BCUT2D eigenvalue weighted by atomic mass is 10.1. The first-order valence-corrected chi connectivity index (χ1v) is 6.95. The van der Waals surface area contributed by atoms with E-state index in [4.69, 9.17) is 5.11 Å². The minimum atomic E-state index is -0.376. The molecule has 0 fully saturated rings. The number of benzene rings is 2. The summed E-state index contributed by atoms with van der Waals surface area (Å²) in [5.74, 6) is 4.77. The fourth-order valence-corrected chi connectivity index (χ4v) is 2.53. The first kappa shape index (κ1) is 14.6. The molecule has 2 aromatic rings. The predicted octanol–water partition coefficient (Wildman–Crippen LogP) is 3.60. The van der Waals surface area contributed by atoms with Gasteiger partial charge >= 0.3 is 0 Å². The van der Waals surface area contributed by atoms with Gasteiger partial charge in [0, 0.05) is 16.2 Å². The van der Waals surface area contributed by atoms with Crippen molar-refractivity contribution in [2.45, 2.75) is 10.6 Å². The number of rotatable bonds is 3. The number of aliphatic hydroxyl groups is 1. The average molecular weight is 290 g/mol. The predicted molar refractivity (Wildman–Crippen MR) is 76.3 cm³/mol. The maximum absolute atomic E-state index is 13.8. The van der Waals surface area contributed by atoms with Crippen molar-refractivity contribution in [1.29, 1.82) is 0 Å². The Bertz CT molecular complexity index is 659. The Hall–Kier alpha value is -1.83. The largest absolute Gasteiger partial charge is 0.384 e. The SMILES string of the molecule is OCC#Cc1ccc(CSc2ccccc2F)c(F)c1. The molecule has 1 nitrogen and oxygen atoms in total. The molecule has 0 saturated heterocycles. The van der Waals surface area contributed by atoms with E-state index in [0.29, 0.717) is 21.8 Å². The Labute approximate surface area is 120 Å². The van der Waals surface area contributed by atoms with Crippen LogP contribution in [0.3, 0.4) is 0 Å². The normalized spacial score (nSPS) is 9.95. The van der Waals surface area contributed by atoms with Crippen LogP contribution in [-0.2, 0) is 5.75 Å². The number of hydrogen-bond donors (Lipinski definition) is 1. The third-order valence-corrected chi connectivity index (χ3v) is 3.68. The Morgan fingerprint density at radius 3 is 2.55 bits per heavy atom. The fraction of sp³-hybridized carbons (Fsp3) is 0.125. The Morgan fingerprint density at radius 1 is 1.05 bits per heavy atom. The maximum atomic E-state index is 13.8. The zero-order valence-corrected chi connectivity index (χ0v) is 11.4. The van der Waals surface area contributed by atoms with E-state index in [1.807, 2.05) is 0 Å². The summed E-state index contributed by atoms with van der Waals surface area (Å²) < 4.78 is 27.3. The minimum absolute atomic E-state index is 0.257. The Balaban J connectivity index is 2.09. The number of hydrogen-bond acceptors (Lipinski definition) is 2. The van der Waals surface area contributed by atoms with Gasteiger partial charge in [0.25, 0.3) is 0 Å². The first-order chi connectivity index (χ1) is 9.70. The van der Waals surface area contributed by atoms with Crippen molar-refractivity contribution >= 4 is 11.8 Å². The lowest BCUT2D eigenvalue weighted by molar-refractivity contribution is 0.350. The number of thioether (sulfide) groups is 1. The Morgan fingerprint density at radius 2 is 1.85 bits per heavy atom. The van der Waals surface area contributed by atoms with Gasteiger partial charge in [-0.05, 0) is 29.8 Å². The summed E-state index contributed by atoms with van der Waals surface area (Å²) in [5.41, 5.74) is 1.00. The molecule has 20 heavy (non-hydrogen) atoms. The highest BCUT2D eigenvalue weighted by atomic mass is 32.2. The van der Waals surface area contributed by atoms with Crippen LogP contribution in [0, 0.1) is 23.5 Å². The molecular weight excluding hydrogens is 278 g/mol. The van der Waals surface area contributed by atoms with Crippen molar-refractivity contribution < 1.29 is 13.9 Å². The second-order valence-electron chi connectivity index (χ2n) is 3.99. The molecule has 0 aromatic heterocycles. The van der Waals surface area contributed by atoms with Crippen molar-refractivity contribution in [1.82, 2.24) is 0 Å². The van der Waals surface area contributed by atoms with Gasteiger partial charge < -0.3 is 5.11 Å². The van der Waals surface area contributed by atoms with Gasteiger partial charge in [0.15, 0.2) is 0 Å². The molecule has 0 aliphatic carbocycles. The highest BCUT2D eigenvalue weighted by molar-refractivity contribution is 7.98. The zero-order valence-electron chi connectivity index (χ0n) is 10.6. The summed E-state index contributed by atoms with van der Waals surface area (Å²) in [5, 5.41) is 8.58. The van der Waals surface area contributed by atoms with Gasteiger partial charge in [0.1, 0.15) is 18.2 Å². The van der Waals surface area contributed by atoms with Gasteiger partial charge in [-0.2, -0.15) is 0 Å². The monoisotopic (exact) mass is 290 g/mol. The lowest BCUT2D eigenvalue weighted by Crippen LogP contribution is -1.90. The van der Waals surface area contributed by atoms with E-state index in [2.05, 4.69) is 11.8 Å². The van der Waals surface area contributed by atoms with E-state index in [0.717, 1.165) is 0 Å². The van der Waals surface area contributed by atoms with Crippen molar-refractivity contribution in [3.8, 4) is 11.8 Å². The summed E-state index contributed by atoms with van der Waals surface area (Å²) >= 11 is 1.25. The molecule has 1 N–H and O–H groups in total. The van der Waals surface area contributed by atoms with Gasteiger partial charge in [-0.15, -0.1) is 11.8 Å². The second-order valence-corrected chi connectivity index (χ2v) is 5.00. The van der Waals surface area contributed by atoms with Crippen LogP contribution in [-0.4, -0.2) is 11.7 Å². The summed E-state index contributed by atoms with van der Waals surface area (Å²) in [7, 11) is 0. The molecule has 0 atom stereocenters. The van der Waals surface area contributed by atoms with Gasteiger partial charge in [0.2, 0.25) is 0 Å². The van der Waals surface area contributed by atoms with Gasteiger partial charge in [-0.25, -0.2) is 8.78 Å². The smallest absolute Gasteiger partial charge is 0.136 e. The molecule has 102 valence electrons. The molecule has 2 rings (SSSR count). The molecule has 4 heteroatoms. The van der Waals surface area contributed by atoms with Crippen LogP contribution >= 0.6 is 11.8 Å². The van der Waals surface area contributed by atoms with Crippen LogP contribution in [0.25, 0.3) is 0 Å². The van der Waals surface area contributed by atoms with E-state index in [9.17, 15) is 8.78 Å². The van der Waals surface area contributed by atoms with Crippen molar-refractivity contribution in [2.75, 3.05) is 6.61 Å². The molecule has 0 bridgehead atoms. The molecular formula is C16H12F2OS. The molecule has 0 amide bonds. The van der Waals surface area contributed by atoms with Crippen LogP contribution in [0.2, 0.25) is 0 Å². The zero-order chi connectivity index (χ0) is 14.4. The lowest BCUT2D eigenvalue weighted by Gasteiger charge is -2.05. The number of aliphatic hydroxyl groups excluding tert-OH is 1. The van der Waals surface area contributed by atoms with Gasteiger partial charge in [0.05, 0.1) is 0 Å². The Kier molecular flexibility index (Phi) is 5.16. The molecule has 0 unspecified atom stereocenters. The average Bonchev–Trinajstić information content (AvgIpc) is 2.45. The van der Waals surface area contributed by atoms with E-state index < -0.39 is 0 Å². The third-order valence-electron chi connectivity index (χ3n) is 2.58. The molecule has 0 aliphatic heterocycles. The second kappa shape index (κ2) is 7.09. The maximum Gasteiger partial charge on any atom is 0.136 e. The summed E-state index contributed by atoms with van der Waals surface area (Å²) in [6.45, 7) is -0.257. The van der Waals surface area contributed by atoms with Crippen molar-refractivity contribution in [3.05, 3.63) is 65.2 Å². The third kappa shape index (κ3) is 3.83. The van der Waals surface area contributed by atoms with E-state index in [1.54, 1.807) is 30.3 Å². The van der Waals surface area contributed by atoms with E-state index >= 15 is 0 Å². The highest BCUT2D eigenvalue weighted by Gasteiger charge is 2.06. The van der Waals surface area contributed by atoms with E-state index in [1.165, 1.54) is 23.9 Å². The van der Waals surface area contributed by atoms with Gasteiger partial charge in [-0.3, -0.25) is 0 Å². The summed E-state index contributed by atoms with van der Waals surface area (Å²) in [4.78, 5) is 0.496. The van der Waals surface area contributed by atoms with Crippen LogP contribution in [0.1, 0.15) is 11.1 Å². The van der Waals surface area contributed by atoms with Crippen molar-refractivity contribution in [3.63, 3.8) is 0 Å². The van der Waals surface area contributed by atoms with Gasteiger partial charge in [-0.1, -0.05) is 30.0 Å². The summed E-state index contributed by atoms with van der Waals surface area (Å²) in [6, 6.07) is 11.0. The molecule has 0 aliphatic rings. The van der Waals surface area contributed by atoms with E-state index in [-0.39, 0.29) is 18.2 Å². The highest BCUT2D eigenvalue weighted by Crippen LogP contribution is 2.26. The minimum Gasteiger partial charge on any atom is -0.384 e. The molecule has 0 saturated carbocycles. The van der Waals surface area contributed by atoms with Crippen molar-refractivity contribution in [2.24, 2.45) is 0 Å².